The van der Waals surface area contributed by atoms with Gasteiger partial charge in [-0.3, -0.25) is 19.7 Å². The van der Waals surface area contributed by atoms with Gasteiger partial charge in [-0.15, -0.1) is 0 Å². The van der Waals surface area contributed by atoms with Gasteiger partial charge in [0.05, 0.1) is 19.1 Å². The molecule has 3 rings (SSSR count). The zero-order valence-electron chi connectivity index (χ0n) is 12.7. The normalized spacial score (nSPS) is 15.8. The number of carbonyl (C=O) groups excluding carboxylic acids is 2. The van der Waals surface area contributed by atoms with E-state index in [1.807, 2.05) is 0 Å². The van der Waals surface area contributed by atoms with Crippen LogP contribution in [-0.4, -0.2) is 21.2 Å². The smallest absolute Gasteiger partial charge is 0.298 e. The van der Waals surface area contributed by atoms with Gasteiger partial charge in [0.2, 0.25) is 0 Å². The quantitative estimate of drug-likeness (QED) is 0.280. The number of rotatable bonds is 3. The number of phenolic OH excluding ortho intramolecular Hbond substituents is 1. The van der Waals surface area contributed by atoms with Crippen LogP contribution in [0.5, 0.6) is 5.75 Å². The third-order valence-electron chi connectivity index (χ3n) is 3.44. The van der Waals surface area contributed by atoms with Crippen molar-refractivity contribution < 1.29 is 19.6 Å². The van der Waals surface area contributed by atoms with Crippen molar-refractivity contribution in [3.05, 3.63) is 65.6 Å². The van der Waals surface area contributed by atoms with Gasteiger partial charge in [-0.25, -0.2) is 4.90 Å². The number of nitro groups is 1. The van der Waals surface area contributed by atoms with E-state index in [1.165, 1.54) is 18.2 Å². The SMILES string of the molecule is O=C1S/C(=C/c2cc([N+](=O)[O-])cc(I)c2O)C(=O)N1c1cccc(Cl)c1. The minimum atomic E-state index is -0.601. The molecule has 0 saturated carbocycles. The third-order valence-corrected chi connectivity index (χ3v) is 5.36. The Bertz CT molecular complexity index is 995. The molecule has 0 unspecified atom stereocenters. The van der Waals surface area contributed by atoms with Crippen LogP contribution < -0.4 is 4.90 Å². The van der Waals surface area contributed by atoms with Crippen LogP contribution in [0.2, 0.25) is 5.02 Å². The zero-order chi connectivity index (χ0) is 19.0. The van der Waals surface area contributed by atoms with Gasteiger partial charge in [-0.05, 0) is 58.6 Å². The Morgan fingerprint density at radius 3 is 2.65 bits per heavy atom. The standard InChI is InChI=1S/C16H8ClIN2O5S/c17-9-2-1-3-10(6-9)19-15(22)13(26-16(19)23)5-8-4-11(20(24)25)7-12(18)14(8)21/h1-7,21H/b13-5+. The predicted molar refractivity (Wildman–Crippen MR) is 107 cm³/mol. The number of anilines is 1. The lowest BCUT2D eigenvalue weighted by Gasteiger charge is -2.12. The maximum absolute atomic E-state index is 12.6. The van der Waals surface area contributed by atoms with Crippen molar-refractivity contribution in [3.8, 4) is 5.75 Å². The Labute approximate surface area is 169 Å². The third kappa shape index (κ3) is 3.55. The maximum atomic E-state index is 12.6. The Hall–Kier alpha value is -2.11. The van der Waals surface area contributed by atoms with Gasteiger partial charge in [0.15, 0.2) is 0 Å². The second-order valence-corrected chi connectivity index (χ2v) is 7.71. The first-order valence-corrected chi connectivity index (χ1v) is 9.25. The molecule has 0 spiro atoms. The van der Waals surface area contributed by atoms with Crippen LogP contribution in [0.1, 0.15) is 5.56 Å². The number of non-ortho nitro benzene ring substituents is 1. The largest absolute Gasteiger partial charge is 0.506 e. The molecule has 2 aromatic rings. The zero-order valence-corrected chi connectivity index (χ0v) is 16.4. The molecule has 1 saturated heterocycles. The van der Waals surface area contributed by atoms with Crippen LogP contribution in [0.25, 0.3) is 6.08 Å². The number of nitrogens with zero attached hydrogens (tertiary/aromatic N) is 2. The number of phenols is 1. The number of benzene rings is 2. The van der Waals surface area contributed by atoms with Crippen molar-refractivity contribution in [1.29, 1.82) is 0 Å². The van der Waals surface area contributed by atoms with E-state index in [0.29, 0.717) is 22.5 Å². The molecule has 0 radical (unpaired) electrons. The van der Waals surface area contributed by atoms with Crippen molar-refractivity contribution in [2.75, 3.05) is 4.90 Å². The minimum absolute atomic E-state index is 0.0431. The molecule has 1 N–H and O–H groups in total. The first kappa shape index (κ1) is 18.7. The van der Waals surface area contributed by atoms with E-state index in [0.717, 1.165) is 11.0 Å². The molecule has 1 aliphatic rings. The summed E-state index contributed by atoms with van der Waals surface area (Å²) in [7, 11) is 0. The van der Waals surface area contributed by atoms with Crippen LogP contribution in [0.3, 0.4) is 0 Å². The lowest BCUT2D eigenvalue weighted by atomic mass is 10.1. The number of halogens is 2. The molecule has 0 aromatic heterocycles. The van der Waals surface area contributed by atoms with Gasteiger partial charge in [-0.2, -0.15) is 0 Å². The summed E-state index contributed by atoms with van der Waals surface area (Å²) in [5.74, 6) is -0.797. The number of amides is 2. The Morgan fingerprint density at radius 2 is 2.00 bits per heavy atom. The first-order chi connectivity index (χ1) is 12.3. The summed E-state index contributed by atoms with van der Waals surface area (Å²) in [5, 5.41) is 21.0. The second kappa shape index (κ2) is 7.25. The van der Waals surface area contributed by atoms with E-state index in [-0.39, 0.29) is 25.5 Å². The summed E-state index contributed by atoms with van der Waals surface area (Å²) in [6.45, 7) is 0. The highest BCUT2D eigenvalue weighted by molar-refractivity contribution is 14.1. The van der Waals surface area contributed by atoms with E-state index in [9.17, 15) is 24.8 Å². The number of aromatic hydroxyl groups is 1. The predicted octanol–water partition coefficient (Wildman–Crippen LogP) is 4.80. The van der Waals surface area contributed by atoms with Gasteiger partial charge < -0.3 is 5.11 Å². The molecule has 1 aliphatic heterocycles. The lowest BCUT2D eigenvalue weighted by molar-refractivity contribution is -0.385. The van der Waals surface area contributed by atoms with Crippen molar-refractivity contribution in [2.45, 2.75) is 0 Å². The molecule has 2 aromatic carbocycles. The Balaban J connectivity index is 2.02. The number of imide groups is 1. The highest BCUT2D eigenvalue weighted by Gasteiger charge is 2.36. The van der Waals surface area contributed by atoms with Crippen molar-refractivity contribution in [1.82, 2.24) is 0 Å². The number of thioether (sulfide) groups is 1. The molecule has 0 aliphatic carbocycles. The van der Waals surface area contributed by atoms with Gasteiger partial charge in [0.25, 0.3) is 16.8 Å². The minimum Gasteiger partial charge on any atom is -0.506 e. The molecule has 1 heterocycles. The monoisotopic (exact) mass is 502 g/mol. The molecule has 0 atom stereocenters. The summed E-state index contributed by atoms with van der Waals surface area (Å²) < 4.78 is 0.261. The van der Waals surface area contributed by atoms with Gasteiger partial charge in [0, 0.05) is 22.7 Å². The molecule has 26 heavy (non-hydrogen) atoms. The van der Waals surface area contributed by atoms with Crippen LogP contribution >= 0.6 is 46.0 Å². The lowest BCUT2D eigenvalue weighted by Crippen LogP contribution is -2.27. The Kier molecular flexibility index (Phi) is 5.21. The maximum Gasteiger partial charge on any atom is 0.298 e. The first-order valence-electron chi connectivity index (χ1n) is 6.98. The fourth-order valence-electron chi connectivity index (χ4n) is 2.27. The van der Waals surface area contributed by atoms with E-state index in [4.69, 9.17) is 11.6 Å². The van der Waals surface area contributed by atoms with Crippen LogP contribution in [0.15, 0.2) is 41.3 Å². The summed E-state index contributed by atoms with van der Waals surface area (Å²) in [4.78, 5) is 36.2. The summed E-state index contributed by atoms with van der Waals surface area (Å²) in [6, 6.07) is 8.63. The molecule has 0 bridgehead atoms. The number of hydrogen-bond acceptors (Lipinski definition) is 6. The molecular weight excluding hydrogens is 495 g/mol. The van der Waals surface area contributed by atoms with Crippen molar-refractivity contribution in [3.63, 3.8) is 0 Å². The topological polar surface area (TPSA) is 101 Å². The average molecular weight is 503 g/mol. The van der Waals surface area contributed by atoms with Gasteiger partial charge in [-0.1, -0.05) is 17.7 Å². The molecular formula is C16H8ClIN2O5S. The molecule has 10 heteroatoms. The molecule has 2 amide bonds. The summed E-state index contributed by atoms with van der Waals surface area (Å²) in [6.07, 6.45) is 1.26. The van der Waals surface area contributed by atoms with Crippen molar-refractivity contribution in [2.24, 2.45) is 0 Å². The van der Waals surface area contributed by atoms with Crippen LogP contribution in [-0.2, 0) is 4.79 Å². The molecule has 132 valence electrons. The number of nitro benzene ring substituents is 1. The van der Waals surface area contributed by atoms with Gasteiger partial charge in [0.1, 0.15) is 5.75 Å². The fraction of sp³-hybridized carbons (Fsp3) is 0. The van der Waals surface area contributed by atoms with Gasteiger partial charge >= 0.3 is 0 Å². The van der Waals surface area contributed by atoms with E-state index in [2.05, 4.69) is 0 Å². The number of carbonyl (C=O) groups is 2. The van der Waals surface area contributed by atoms with E-state index < -0.39 is 16.1 Å². The molecule has 1 fully saturated rings. The fourth-order valence-corrected chi connectivity index (χ4v) is 3.91. The van der Waals surface area contributed by atoms with E-state index in [1.54, 1.807) is 40.8 Å². The average Bonchev–Trinajstić information content (AvgIpc) is 2.85. The second-order valence-electron chi connectivity index (χ2n) is 5.12. The number of hydrogen-bond donors (Lipinski definition) is 1. The highest BCUT2D eigenvalue weighted by atomic mass is 127. The van der Waals surface area contributed by atoms with E-state index >= 15 is 0 Å². The Morgan fingerprint density at radius 1 is 1.27 bits per heavy atom. The van der Waals surface area contributed by atoms with Crippen molar-refractivity contribution >= 4 is 74.6 Å². The summed E-state index contributed by atoms with van der Waals surface area (Å²) >= 11 is 8.33. The van der Waals surface area contributed by atoms with Crippen LogP contribution in [0, 0.1) is 13.7 Å². The molecule has 7 nitrogen and oxygen atoms in total. The van der Waals surface area contributed by atoms with Crippen LogP contribution in [0.4, 0.5) is 16.2 Å². The highest BCUT2D eigenvalue weighted by Crippen LogP contribution is 2.38. The summed E-state index contributed by atoms with van der Waals surface area (Å²) in [5.41, 5.74) is 0.175.